The first kappa shape index (κ1) is 13.2. The molecule has 1 aromatic heterocycles. The van der Waals surface area contributed by atoms with E-state index in [1.165, 1.54) is 11.1 Å². The van der Waals surface area contributed by atoms with Crippen LogP contribution in [0.1, 0.15) is 21.6 Å². The fourth-order valence-electron chi connectivity index (χ4n) is 2.57. The molecule has 0 aliphatic carbocycles. The average molecular weight is 290 g/mol. The Morgan fingerprint density at radius 3 is 3.05 bits per heavy atom. The molecular weight excluding hydrogens is 274 g/mol. The molecule has 4 nitrogen and oxygen atoms in total. The number of hydrogen-bond donors (Lipinski definition) is 2. The molecule has 20 heavy (non-hydrogen) atoms. The van der Waals surface area contributed by atoms with Crippen LogP contribution in [0.5, 0.6) is 0 Å². The van der Waals surface area contributed by atoms with Crippen molar-refractivity contribution in [3.05, 3.63) is 52.3 Å². The number of rotatable bonds is 2. The molecule has 2 N–H and O–H groups in total. The lowest BCUT2D eigenvalue weighted by Gasteiger charge is -2.20. The lowest BCUT2D eigenvalue weighted by Crippen LogP contribution is -2.25. The van der Waals surface area contributed by atoms with Crippen LogP contribution >= 0.6 is 11.6 Å². The van der Waals surface area contributed by atoms with E-state index in [9.17, 15) is 4.79 Å². The summed E-state index contributed by atoms with van der Waals surface area (Å²) in [4.78, 5) is 12.3. The van der Waals surface area contributed by atoms with E-state index < -0.39 is 0 Å². The van der Waals surface area contributed by atoms with Gasteiger partial charge in [0.05, 0.1) is 5.02 Å². The number of hydrogen-bond acceptors (Lipinski definition) is 2. The van der Waals surface area contributed by atoms with Crippen LogP contribution in [0, 0.1) is 0 Å². The number of benzene rings is 1. The van der Waals surface area contributed by atoms with Crippen LogP contribution in [0.2, 0.25) is 5.02 Å². The Balaban J connectivity index is 1.88. The van der Waals surface area contributed by atoms with Crippen LogP contribution in [0.25, 0.3) is 0 Å². The van der Waals surface area contributed by atoms with E-state index in [1.54, 1.807) is 16.8 Å². The van der Waals surface area contributed by atoms with Gasteiger partial charge in [0, 0.05) is 25.5 Å². The molecule has 0 radical (unpaired) electrons. The predicted molar refractivity (Wildman–Crippen MR) is 80.2 cm³/mol. The highest BCUT2D eigenvalue weighted by Crippen LogP contribution is 2.24. The molecule has 0 saturated carbocycles. The Bertz CT molecular complexity index is 663. The second-order valence-electron chi connectivity index (χ2n) is 4.98. The van der Waals surface area contributed by atoms with E-state index in [1.807, 2.05) is 19.2 Å². The molecule has 0 saturated heterocycles. The van der Waals surface area contributed by atoms with Crippen molar-refractivity contribution in [2.45, 2.75) is 13.0 Å². The van der Waals surface area contributed by atoms with Gasteiger partial charge in [-0.2, -0.15) is 0 Å². The van der Waals surface area contributed by atoms with Crippen molar-refractivity contribution in [3.8, 4) is 0 Å². The molecule has 3 rings (SSSR count). The minimum atomic E-state index is -0.140. The van der Waals surface area contributed by atoms with Gasteiger partial charge in [-0.15, -0.1) is 0 Å². The molecule has 0 bridgehead atoms. The second-order valence-corrected chi connectivity index (χ2v) is 5.42. The maximum absolute atomic E-state index is 12.3. The van der Waals surface area contributed by atoms with Gasteiger partial charge in [-0.1, -0.05) is 23.7 Å². The standard InChI is InChI=1S/C15H16ClN3O/c1-19-9-11(16)7-14(19)15(20)18-13-4-2-3-10-5-6-17-8-12(10)13/h2-4,7,9,17H,5-6,8H2,1H3,(H,18,20). The van der Waals surface area contributed by atoms with Gasteiger partial charge >= 0.3 is 0 Å². The number of nitrogens with zero attached hydrogens (tertiary/aromatic N) is 1. The van der Waals surface area contributed by atoms with E-state index in [0.717, 1.165) is 25.2 Å². The van der Waals surface area contributed by atoms with Crippen LogP contribution in [0.3, 0.4) is 0 Å². The molecular formula is C15H16ClN3O. The van der Waals surface area contributed by atoms with Gasteiger partial charge < -0.3 is 15.2 Å². The molecule has 0 fully saturated rings. The number of carbonyl (C=O) groups is 1. The number of halogens is 1. The van der Waals surface area contributed by atoms with Crippen LogP contribution < -0.4 is 10.6 Å². The maximum atomic E-state index is 12.3. The van der Waals surface area contributed by atoms with Gasteiger partial charge in [0.25, 0.3) is 5.91 Å². The number of aromatic nitrogens is 1. The lowest BCUT2D eigenvalue weighted by molar-refractivity contribution is 0.101. The number of aryl methyl sites for hydroxylation is 1. The van der Waals surface area contributed by atoms with Gasteiger partial charge in [0.2, 0.25) is 0 Å². The SMILES string of the molecule is Cn1cc(Cl)cc1C(=O)Nc1cccc2c1CNCC2. The molecule has 5 heteroatoms. The number of nitrogens with one attached hydrogen (secondary N) is 2. The number of anilines is 1. The summed E-state index contributed by atoms with van der Waals surface area (Å²) in [6.45, 7) is 1.78. The second kappa shape index (κ2) is 5.31. The van der Waals surface area contributed by atoms with Gasteiger partial charge in [-0.05, 0) is 36.2 Å². The summed E-state index contributed by atoms with van der Waals surface area (Å²) in [6, 6.07) is 7.71. The minimum Gasteiger partial charge on any atom is -0.345 e. The Labute approximate surface area is 122 Å². The first-order valence-electron chi connectivity index (χ1n) is 6.60. The summed E-state index contributed by atoms with van der Waals surface area (Å²) < 4.78 is 1.73. The number of carbonyl (C=O) groups excluding carboxylic acids is 1. The zero-order chi connectivity index (χ0) is 14.1. The summed E-state index contributed by atoms with van der Waals surface area (Å²) in [6.07, 6.45) is 2.72. The van der Waals surface area contributed by atoms with E-state index >= 15 is 0 Å². The molecule has 0 unspecified atom stereocenters. The largest absolute Gasteiger partial charge is 0.345 e. The Morgan fingerprint density at radius 1 is 1.45 bits per heavy atom. The Morgan fingerprint density at radius 2 is 2.30 bits per heavy atom. The molecule has 1 aliphatic rings. The van der Waals surface area contributed by atoms with Crippen molar-refractivity contribution in [2.75, 3.05) is 11.9 Å². The molecule has 1 aliphatic heterocycles. The third-order valence-electron chi connectivity index (χ3n) is 3.60. The monoisotopic (exact) mass is 289 g/mol. The van der Waals surface area contributed by atoms with Gasteiger partial charge in [0.15, 0.2) is 0 Å². The van der Waals surface area contributed by atoms with Gasteiger partial charge in [-0.25, -0.2) is 0 Å². The highest BCUT2D eigenvalue weighted by atomic mass is 35.5. The third kappa shape index (κ3) is 2.44. The summed E-state index contributed by atoms with van der Waals surface area (Å²) in [7, 11) is 1.81. The zero-order valence-electron chi connectivity index (χ0n) is 11.2. The van der Waals surface area contributed by atoms with Crippen LogP contribution in [0.15, 0.2) is 30.5 Å². The highest BCUT2D eigenvalue weighted by molar-refractivity contribution is 6.31. The summed E-state index contributed by atoms with van der Waals surface area (Å²) in [5.74, 6) is -0.140. The van der Waals surface area contributed by atoms with Crippen molar-refractivity contribution < 1.29 is 4.79 Å². The lowest BCUT2D eigenvalue weighted by atomic mass is 9.99. The Hall–Kier alpha value is -1.78. The fourth-order valence-corrected chi connectivity index (χ4v) is 2.82. The van der Waals surface area contributed by atoms with Crippen molar-refractivity contribution in [2.24, 2.45) is 7.05 Å². The first-order valence-corrected chi connectivity index (χ1v) is 6.97. The van der Waals surface area contributed by atoms with E-state index in [-0.39, 0.29) is 5.91 Å². The van der Waals surface area contributed by atoms with Crippen molar-refractivity contribution in [1.82, 2.24) is 9.88 Å². The average Bonchev–Trinajstić information content (AvgIpc) is 2.78. The molecule has 104 valence electrons. The minimum absolute atomic E-state index is 0.140. The van der Waals surface area contributed by atoms with Crippen LogP contribution in [0.4, 0.5) is 5.69 Å². The van der Waals surface area contributed by atoms with E-state index in [2.05, 4.69) is 16.7 Å². The fraction of sp³-hybridized carbons (Fsp3) is 0.267. The molecule has 2 heterocycles. The third-order valence-corrected chi connectivity index (χ3v) is 3.81. The summed E-state index contributed by atoms with van der Waals surface area (Å²) in [5.41, 5.74) is 3.90. The van der Waals surface area contributed by atoms with Gasteiger partial charge in [0.1, 0.15) is 5.69 Å². The zero-order valence-corrected chi connectivity index (χ0v) is 12.0. The normalized spacial score (nSPS) is 13.9. The first-order chi connectivity index (χ1) is 9.65. The van der Waals surface area contributed by atoms with Crippen molar-refractivity contribution in [3.63, 3.8) is 0 Å². The quantitative estimate of drug-likeness (QED) is 0.892. The topological polar surface area (TPSA) is 46.1 Å². The molecule has 2 aromatic rings. The Kier molecular flexibility index (Phi) is 3.51. The highest BCUT2D eigenvalue weighted by Gasteiger charge is 2.16. The van der Waals surface area contributed by atoms with Crippen molar-refractivity contribution in [1.29, 1.82) is 0 Å². The van der Waals surface area contributed by atoms with E-state index in [4.69, 9.17) is 11.6 Å². The predicted octanol–water partition coefficient (Wildman–Crippen LogP) is 2.58. The maximum Gasteiger partial charge on any atom is 0.272 e. The smallest absolute Gasteiger partial charge is 0.272 e. The molecule has 0 atom stereocenters. The van der Waals surface area contributed by atoms with Crippen LogP contribution in [-0.2, 0) is 20.0 Å². The summed E-state index contributed by atoms with van der Waals surface area (Å²) >= 11 is 5.92. The number of amides is 1. The van der Waals surface area contributed by atoms with Gasteiger partial charge in [-0.3, -0.25) is 4.79 Å². The number of fused-ring (bicyclic) bond motifs is 1. The summed E-state index contributed by atoms with van der Waals surface area (Å²) in [5, 5.41) is 6.88. The molecule has 1 aromatic carbocycles. The molecule has 1 amide bonds. The van der Waals surface area contributed by atoms with Crippen LogP contribution in [-0.4, -0.2) is 17.0 Å². The molecule has 0 spiro atoms. The van der Waals surface area contributed by atoms with Crippen molar-refractivity contribution >= 4 is 23.2 Å². The van der Waals surface area contributed by atoms with E-state index in [0.29, 0.717) is 10.7 Å².